The van der Waals surface area contributed by atoms with E-state index in [2.05, 4.69) is 15.6 Å². The monoisotopic (exact) mass is 331 g/mol. The number of fused-ring (bicyclic) bond motifs is 2. The number of aromatic nitrogens is 1. The molecule has 1 aromatic heterocycles. The van der Waals surface area contributed by atoms with Gasteiger partial charge in [-0.2, -0.15) is 0 Å². The van der Waals surface area contributed by atoms with Crippen LogP contribution in [0.5, 0.6) is 11.5 Å². The van der Waals surface area contributed by atoms with Crippen molar-refractivity contribution in [2.75, 3.05) is 17.4 Å². The highest BCUT2D eigenvalue weighted by atomic mass is 32.1. The lowest BCUT2D eigenvalue weighted by atomic mass is 10.3. The van der Waals surface area contributed by atoms with E-state index < -0.39 is 6.03 Å². The Morgan fingerprint density at radius 2 is 2.00 bits per heavy atom. The summed E-state index contributed by atoms with van der Waals surface area (Å²) < 4.78 is 24.3. The predicted octanol–water partition coefficient (Wildman–Crippen LogP) is 3.81. The second-order valence-electron chi connectivity index (χ2n) is 4.78. The maximum atomic E-state index is 13.2. The molecular weight excluding hydrogens is 321 g/mol. The summed E-state index contributed by atoms with van der Waals surface area (Å²) in [5, 5.41) is 5.71. The summed E-state index contributed by atoms with van der Waals surface area (Å²) in [7, 11) is 0. The molecule has 8 heteroatoms. The minimum atomic E-state index is -0.441. The molecule has 0 saturated carbocycles. The average Bonchev–Trinajstić information content (AvgIpc) is 3.11. The molecule has 2 aromatic carbocycles. The van der Waals surface area contributed by atoms with E-state index in [-0.39, 0.29) is 12.6 Å². The van der Waals surface area contributed by atoms with Gasteiger partial charge in [0.2, 0.25) is 6.79 Å². The van der Waals surface area contributed by atoms with Crippen LogP contribution in [0.15, 0.2) is 36.4 Å². The largest absolute Gasteiger partial charge is 0.454 e. The van der Waals surface area contributed by atoms with E-state index in [1.165, 1.54) is 23.5 Å². The fourth-order valence-electron chi connectivity index (χ4n) is 2.19. The molecule has 0 spiro atoms. The highest BCUT2D eigenvalue weighted by Crippen LogP contribution is 2.34. The first kappa shape index (κ1) is 13.8. The lowest BCUT2D eigenvalue weighted by Gasteiger charge is -2.06. The Morgan fingerprint density at radius 1 is 1.13 bits per heavy atom. The molecule has 0 unspecified atom stereocenters. The summed E-state index contributed by atoms with van der Waals surface area (Å²) in [4.78, 5) is 16.3. The summed E-state index contributed by atoms with van der Waals surface area (Å²) in [6.45, 7) is 0.174. The lowest BCUT2D eigenvalue weighted by molar-refractivity contribution is 0.174. The second-order valence-corrected chi connectivity index (χ2v) is 5.81. The van der Waals surface area contributed by atoms with Gasteiger partial charge in [0, 0.05) is 11.8 Å². The summed E-state index contributed by atoms with van der Waals surface area (Å²) in [6, 6.07) is 8.95. The summed E-state index contributed by atoms with van der Waals surface area (Å²) in [6.07, 6.45) is 0. The molecule has 0 radical (unpaired) electrons. The highest BCUT2D eigenvalue weighted by Gasteiger charge is 2.14. The predicted molar refractivity (Wildman–Crippen MR) is 84.8 cm³/mol. The number of hydrogen-bond acceptors (Lipinski definition) is 5. The summed E-state index contributed by atoms with van der Waals surface area (Å²) >= 11 is 1.20. The van der Waals surface area contributed by atoms with Gasteiger partial charge in [0.15, 0.2) is 16.6 Å². The molecular formula is C15H10FN3O3S. The zero-order valence-electron chi connectivity index (χ0n) is 11.6. The van der Waals surface area contributed by atoms with Crippen molar-refractivity contribution in [3.8, 4) is 11.5 Å². The Labute approximate surface area is 133 Å². The molecule has 2 amide bonds. The van der Waals surface area contributed by atoms with Gasteiger partial charge in [0.1, 0.15) is 5.82 Å². The van der Waals surface area contributed by atoms with E-state index in [0.29, 0.717) is 32.5 Å². The van der Waals surface area contributed by atoms with E-state index in [9.17, 15) is 9.18 Å². The fourth-order valence-corrected chi connectivity index (χ4v) is 3.07. The quantitative estimate of drug-likeness (QED) is 0.749. The third-order valence-electron chi connectivity index (χ3n) is 3.20. The molecule has 0 saturated heterocycles. The number of halogens is 1. The van der Waals surface area contributed by atoms with Gasteiger partial charge < -0.3 is 14.8 Å². The first-order valence-electron chi connectivity index (χ1n) is 6.71. The number of carbonyl (C=O) groups is 1. The highest BCUT2D eigenvalue weighted by molar-refractivity contribution is 7.22. The van der Waals surface area contributed by atoms with Crippen molar-refractivity contribution in [2.24, 2.45) is 0 Å². The van der Waals surface area contributed by atoms with Gasteiger partial charge in [0.25, 0.3) is 0 Å². The van der Waals surface area contributed by atoms with Gasteiger partial charge in [-0.1, -0.05) is 11.3 Å². The third-order valence-corrected chi connectivity index (χ3v) is 4.13. The number of urea groups is 1. The number of carbonyl (C=O) groups excluding carboxylic acids is 1. The Balaban J connectivity index is 1.48. The summed E-state index contributed by atoms with van der Waals surface area (Å²) in [5.74, 6) is 0.889. The van der Waals surface area contributed by atoms with Crippen molar-refractivity contribution in [1.29, 1.82) is 0 Å². The van der Waals surface area contributed by atoms with Crippen molar-refractivity contribution >= 4 is 38.4 Å². The molecule has 4 rings (SSSR count). The minimum absolute atomic E-state index is 0.174. The number of ether oxygens (including phenoxy) is 2. The van der Waals surface area contributed by atoms with Crippen LogP contribution in [0.4, 0.5) is 20.0 Å². The smallest absolute Gasteiger partial charge is 0.325 e. The van der Waals surface area contributed by atoms with Crippen molar-refractivity contribution in [3.63, 3.8) is 0 Å². The maximum Gasteiger partial charge on any atom is 0.325 e. The number of benzene rings is 2. The van der Waals surface area contributed by atoms with E-state index in [1.54, 1.807) is 24.3 Å². The molecule has 2 heterocycles. The number of nitrogens with one attached hydrogen (secondary N) is 2. The number of amides is 2. The lowest BCUT2D eigenvalue weighted by Crippen LogP contribution is -2.19. The molecule has 1 aliphatic heterocycles. The van der Waals surface area contributed by atoms with Crippen LogP contribution in [0.1, 0.15) is 0 Å². The Kier molecular flexibility index (Phi) is 3.23. The maximum absolute atomic E-state index is 13.2. The topological polar surface area (TPSA) is 72.5 Å². The number of thiazole rings is 1. The van der Waals surface area contributed by atoms with Crippen LogP contribution in [-0.2, 0) is 0 Å². The van der Waals surface area contributed by atoms with E-state index in [1.807, 2.05) is 0 Å². The van der Waals surface area contributed by atoms with E-state index in [4.69, 9.17) is 9.47 Å². The molecule has 23 heavy (non-hydrogen) atoms. The minimum Gasteiger partial charge on any atom is -0.454 e. The fraction of sp³-hybridized carbons (Fsp3) is 0.0667. The molecule has 116 valence electrons. The van der Waals surface area contributed by atoms with E-state index in [0.717, 1.165) is 0 Å². The Bertz CT molecular complexity index is 912. The van der Waals surface area contributed by atoms with Crippen LogP contribution in [0.2, 0.25) is 0 Å². The van der Waals surface area contributed by atoms with Crippen LogP contribution in [0.3, 0.4) is 0 Å². The summed E-state index contributed by atoms with van der Waals surface area (Å²) in [5.41, 5.74) is 1.20. The first-order valence-corrected chi connectivity index (χ1v) is 7.53. The molecule has 3 aromatic rings. The van der Waals surface area contributed by atoms with E-state index >= 15 is 0 Å². The molecule has 6 nitrogen and oxygen atoms in total. The van der Waals surface area contributed by atoms with Crippen molar-refractivity contribution < 1.29 is 18.7 Å². The van der Waals surface area contributed by atoms with Crippen molar-refractivity contribution in [3.05, 3.63) is 42.2 Å². The zero-order valence-corrected chi connectivity index (χ0v) is 12.4. The second kappa shape index (κ2) is 5.40. The Morgan fingerprint density at radius 3 is 2.91 bits per heavy atom. The van der Waals surface area contributed by atoms with Crippen LogP contribution < -0.4 is 20.1 Å². The first-order chi connectivity index (χ1) is 11.2. The van der Waals surface area contributed by atoms with Crippen molar-refractivity contribution in [1.82, 2.24) is 4.98 Å². The molecule has 0 aliphatic carbocycles. The molecule has 2 N–H and O–H groups in total. The number of hydrogen-bond donors (Lipinski definition) is 2. The third kappa shape index (κ3) is 2.76. The van der Waals surface area contributed by atoms with Crippen LogP contribution in [0.25, 0.3) is 10.2 Å². The standard InChI is InChI=1S/C15H10FN3O3S/c16-8-1-3-10-13(5-8)23-15(18-10)19-14(20)17-9-2-4-11-12(6-9)22-7-21-11/h1-6H,7H2,(H2,17,18,19,20). The van der Waals surface area contributed by atoms with Gasteiger partial charge in [-0.15, -0.1) is 0 Å². The normalized spacial score (nSPS) is 12.4. The van der Waals surface area contributed by atoms with Crippen LogP contribution in [-0.4, -0.2) is 17.8 Å². The van der Waals surface area contributed by atoms with Gasteiger partial charge in [-0.05, 0) is 30.3 Å². The number of anilines is 2. The van der Waals surface area contributed by atoms with Gasteiger partial charge in [-0.3, -0.25) is 5.32 Å². The van der Waals surface area contributed by atoms with Crippen LogP contribution >= 0.6 is 11.3 Å². The SMILES string of the molecule is O=C(Nc1ccc2c(c1)OCO2)Nc1nc2ccc(F)cc2s1. The average molecular weight is 331 g/mol. The number of nitrogens with zero attached hydrogens (tertiary/aromatic N) is 1. The van der Waals surface area contributed by atoms with Gasteiger partial charge in [0.05, 0.1) is 10.2 Å². The molecule has 0 fully saturated rings. The van der Waals surface area contributed by atoms with Gasteiger partial charge >= 0.3 is 6.03 Å². The molecule has 0 bridgehead atoms. The number of rotatable bonds is 2. The zero-order chi connectivity index (χ0) is 15.8. The molecule has 0 atom stereocenters. The van der Waals surface area contributed by atoms with Gasteiger partial charge in [-0.25, -0.2) is 14.2 Å². The van der Waals surface area contributed by atoms with Crippen molar-refractivity contribution in [2.45, 2.75) is 0 Å². The Hall–Kier alpha value is -2.87. The molecule has 1 aliphatic rings. The van der Waals surface area contributed by atoms with Crippen LogP contribution in [0, 0.1) is 5.82 Å².